The summed E-state index contributed by atoms with van der Waals surface area (Å²) in [5.41, 5.74) is 0.357. The Balaban J connectivity index is 2.16. The maximum absolute atomic E-state index is 11.5. The predicted molar refractivity (Wildman–Crippen MR) is 55.8 cm³/mol. The molecule has 5 nitrogen and oxygen atoms in total. The van der Waals surface area contributed by atoms with E-state index in [9.17, 15) is 13.2 Å². The number of hydrogen-bond acceptors (Lipinski definition) is 5. The van der Waals surface area contributed by atoms with Crippen LogP contribution in [0.4, 0.5) is 0 Å². The third-order valence-corrected chi connectivity index (χ3v) is 3.39. The zero-order chi connectivity index (χ0) is 11.8. The van der Waals surface area contributed by atoms with Gasteiger partial charge in [0.25, 0.3) is 0 Å². The first-order chi connectivity index (χ1) is 7.47. The second kappa shape index (κ2) is 4.08. The number of rotatable bonds is 2. The molecule has 0 radical (unpaired) electrons. The van der Waals surface area contributed by atoms with E-state index in [1.54, 1.807) is 0 Å². The first-order valence-corrected chi connectivity index (χ1v) is 7.08. The molecule has 6 heteroatoms. The fourth-order valence-electron chi connectivity index (χ4n) is 2.23. The van der Waals surface area contributed by atoms with E-state index < -0.39 is 16.1 Å². The fourth-order valence-corrected chi connectivity index (χ4v) is 2.50. The largest absolute Gasteiger partial charge is 0.458 e. The van der Waals surface area contributed by atoms with Gasteiger partial charge in [-0.05, 0) is 19.3 Å². The number of ether oxygens (including phenoxy) is 1. The van der Waals surface area contributed by atoms with Crippen molar-refractivity contribution in [2.24, 2.45) is 5.92 Å². The molecule has 2 fully saturated rings. The van der Waals surface area contributed by atoms with Crippen molar-refractivity contribution in [3.8, 4) is 0 Å². The summed E-state index contributed by atoms with van der Waals surface area (Å²) in [4.78, 5) is 11.5. The molecule has 0 aromatic heterocycles. The molecule has 0 aromatic carbocycles. The highest BCUT2D eigenvalue weighted by atomic mass is 32.2. The highest BCUT2D eigenvalue weighted by Crippen LogP contribution is 2.38. The van der Waals surface area contributed by atoms with Gasteiger partial charge < -0.3 is 8.92 Å². The van der Waals surface area contributed by atoms with Crippen LogP contribution in [0.5, 0.6) is 0 Å². The molecule has 2 atom stereocenters. The molecular formula is C10H14O5S. The Morgan fingerprint density at radius 1 is 1.38 bits per heavy atom. The molecule has 2 aliphatic rings. The molecule has 0 aromatic rings. The lowest BCUT2D eigenvalue weighted by molar-refractivity contribution is -0.139. The number of carbonyl (C=O) groups is 1. The lowest BCUT2D eigenvalue weighted by atomic mass is 9.84. The summed E-state index contributed by atoms with van der Waals surface area (Å²) in [6.45, 7) is 0. The second-order valence-electron chi connectivity index (χ2n) is 4.21. The summed E-state index contributed by atoms with van der Waals surface area (Å²) in [6.07, 6.45) is 5.69. The topological polar surface area (TPSA) is 69.7 Å². The van der Waals surface area contributed by atoms with E-state index in [2.05, 4.69) is 4.18 Å². The highest BCUT2D eigenvalue weighted by molar-refractivity contribution is 7.86. The molecule has 90 valence electrons. The Labute approximate surface area is 94.5 Å². The molecule has 1 aliphatic heterocycles. The minimum absolute atomic E-state index is 0.00278. The van der Waals surface area contributed by atoms with E-state index in [0.717, 1.165) is 38.2 Å². The number of hydrogen-bond donors (Lipinski definition) is 0. The van der Waals surface area contributed by atoms with Crippen molar-refractivity contribution < 1.29 is 22.1 Å². The van der Waals surface area contributed by atoms with Crippen LogP contribution in [0.3, 0.4) is 0 Å². The maximum atomic E-state index is 11.5. The van der Waals surface area contributed by atoms with Crippen molar-refractivity contribution in [1.82, 2.24) is 0 Å². The van der Waals surface area contributed by atoms with Crippen molar-refractivity contribution in [1.29, 1.82) is 0 Å². The van der Waals surface area contributed by atoms with Crippen LogP contribution in [0.15, 0.2) is 11.8 Å². The lowest BCUT2D eigenvalue weighted by Crippen LogP contribution is -2.21. The van der Waals surface area contributed by atoms with E-state index >= 15 is 0 Å². The third-order valence-electron chi connectivity index (χ3n) is 2.95. The van der Waals surface area contributed by atoms with Crippen LogP contribution in [0, 0.1) is 5.92 Å². The summed E-state index contributed by atoms with van der Waals surface area (Å²) in [5, 5.41) is 0. The molecule has 0 spiro atoms. The minimum atomic E-state index is -3.56. The minimum Gasteiger partial charge on any atom is -0.458 e. The van der Waals surface area contributed by atoms with Crippen molar-refractivity contribution in [3.63, 3.8) is 0 Å². The van der Waals surface area contributed by atoms with E-state index in [1.807, 2.05) is 0 Å². The van der Waals surface area contributed by atoms with Gasteiger partial charge in [-0.15, -0.1) is 0 Å². The number of esters is 1. The maximum Gasteiger partial charge on any atom is 0.337 e. The molecule has 1 saturated heterocycles. The Hall–Kier alpha value is -1.04. The predicted octanol–water partition coefficient (Wildman–Crippen LogP) is 0.962. The smallest absolute Gasteiger partial charge is 0.337 e. The van der Waals surface area contributed by atoms with E-state index in [1.165, 1.54) is 0 Å². The van der Waals surface area contributed by atoms with Crippen LogP contribution in [-0.4, -0.2) is 26.7 Å². The van der Waals surface area contributed by atoms with Gasteiger partial charge in [0, 0.05) is 5.92 Å². The van der Waals surface area contributed by atoms with Crippen molar-refractivity contribution >= 4 is 16.1 Å². The summed E-state index contributed by atoms with van der Waals surface area (Å²) in [6, 6.07) is 0. The van der Waals surface area contributed by atoms with Crippen molar-refractivity contribution in [3.05, 3.63) is 11.8 Å². The van der Waals surface area contributed by atoms with Crippen LogP contribution in [0.25, 0.3) is 0 Å². The molecule has 2 unspecified atom stereocenters. The normalized spacial score (nSPS) is 32.3. The molecule has 2 rings (SSSR count). The Bertz CT molecular complexity index is 422. The lowest BCUT2D eigenvalue weighted by Gasteiger charge is -2.22. The fraction of sp³-hybridized carbons (Fsp3) is 0.700. The quantitative estimate of drug-likeness (QED) is 0.314. The SMILES string of the molecule is CS(=O)(=O)OC=C1C(=O)OC2CCCCC12. The average Bonchev–Trinajstić information content (AvgIpc) is 2.49. The molecule has 0 bridgehead atoms. The van der Waals surface area contributed by atoms with Gasteiger partial charge in [-0.1, -0.05) is 6.42 Å². The summed E-state index contributed by atoms with van der Waals surface area (Å²) in [7, 11) is -3.56. The van der Waals surface area contributed by atoms with Crippen LogP contribution < -0.4 is 0 Å². The van der Waals surface area contributed by atoms with Gasteiger partial charge in [0.15, 0.2) is 0 Å². The van der Waals surface area contributed by atoms with Crippen LogP contribution in [0.2, 0.25) is 0 Å². The van der Waals surface area contributed by atoms with Gasteiger partial charge >= 0.3 is 16.1 Å². The molecule has 0 N–H and O–H groups in total. The first kappa shape index (κ1) is 11.4. The molecule has 0 amide bonds. The van der Waals surface area contributed by atoms with Crippen LogP contribution in [-0.2, 0) is 23.8 Å². The standard InChI is InChI=1S/C10H14O5S/c1-16(12,13)14-6-8-7-4-2-3-5-9(7)15-10(8)11/h6-7,9H,2-5H2,1H3. The zero-order valence-corrected chi connectivity index (χ0v) is 9.83. The van der Waals surface area contributed by atoms with E-state index in [-0.39, 0.29) is 12.0 Å². The molecular weight excluding hydrogens is 232 g/mol. The average molecular weight is 246 g/mol. The highest BCUT2D eigenvalue weighted by Gasteiger charge is 2.41. The van der Waals surface area contributed by atoms with Crippen LogP contribution >= 0.6 is 0 Å². The zero-order valence-electron chi connectivity index (χ0n) is 9.01. The number of carbonyl (C=O) groups excluding carboxylic acids is 1. The third kappa shape index (κ3) is 2.37. The van der Waals surface area contributed by atoms with Crippen LogP contribution in [0.1, 0.15) is 25.7 Å². The Kier molecular flexibility index (Phi) is 2.92. The second-order valence-corrected chi connectivity index (χ2v) is 5.81. The monoisotopic (exact) mass is 246 g/mol. The van der Waals surface area contributed by atoms with Gasteiger partial charge in [-0.3, -0.25) is 0 Å². The Morgan fingerprint density at radius 3 is 2.75 bits per heavy atom. The molecule has 1 heterocycles. The van der Waals surface area contributed by atoms with Crippen molar-refractivity contribution in [2.45, 2.75) is 31.8 Å². The molecule has 1 saturated carbocycles. The van der Waals surface area contributed by atoms with Gasteiger partial charge in [-0.25, -0.2) is 4.79 Å². The van der Waals surface area contributed by atoms with Gasteiger partial charge in [0.05, 0.1) is 11.8 Å². The van der Waals surface area contributed by atoms with Gasteiger partial charge in [0.2, 0.25) is 0 Å². The molecule has 1 aliphatic carbocycles. The van der Waals surface area contributed by atoms with Gasteiger partial charge in [-0.2, -0.15) is 8.42 Å². The van der Waals surface area contributed by atoms with E-state index in [0.29, 0.717) is 5.57 Å². The van der Waals surface area contributed by atoms with Crippen molar-refractivity contribution in [2.75, 3.05) is 6.26 Å². The molecule has 16 heavy (non-hydrogen) atoms. The van der Waals surface area contributed by atoms with E-state index in [4.69, 9.17) is 4.74 Å². The Morgan fingerprint density at radius 2 is 2.06 bits per heavy atom. The first-order valence-electron chi connectivity index (χ1n) is 5.27. The number of fused-ring (bicyclic) bond motifs is 1. The summed E-state index contributed by atoms with van der Waals surface area (Å²) >= 11 is 0. The summed E-state index contributed by atoms with van der Waals surface area (Å²) < 4.78 is 31.4. The van der Waals surface area contributed by atoms with Gasteiger partial charge in [0.1, 0.15) is 12.4 Å². The summed E-state index contributed by atoms with van der Waals surface area (Å²) in [5.74, 6) is -0.441.